The smallest absolute Gasteiger partial charge is 0.234 e. The third kappa shape index (κ3) is 1.93. The van der Waals surface area contributed by atoms with Gasteiger partial charge >= 0.3 is 0 Å². The molecule has 1 saturated carbocycles. The molecule has 2 aromatic rings. The molecule has 2 aromatic heterocycles. The van der Waals surface area contributed by atoms with Gasteiger partial charge in [0.25, 0.3) is 0 Å². The fourth-order valence-electron chi connectivity index (χ4n) is 1.88. The molecule has 0 saturated heterocycles. The van der Waals surface area contributed by atoms with Crippen LogP contribution < -0.4 is 0 Å². The second-order valence-electron chi connectivity index (χ2n) is 4.84. The maximum Gasteiger partial charge on any atom is 0.234 e. The molecule has 0 aromatic carbocycles. The van der Waals surface area contributed by atoms with E-state index in [1.807, 2.05) is 0 Å². The zero-order chi connectivity index (χ0) is 12.7. The van der Waals surface area contributed by atoms with Crippen molar-refractivity contribution < 1.29 is 5.11 Å². The fraction of sp³-hybridized carbons (Fsp3) is 0.636. The van der Waals surface area contributed by atoms with Crippen LogP contribution in [-0.4, -0.2) is 30.3 Å². The Morgan fingerprint density at radius 2 is 2.11 bits per heavy atom. The average molecular weight is 265 g/mol. The van der Waals surface area contributed by atoms with Crippen molar-refractivity contribution in [2.24, 2.45) is 0 Å². The molecule has 1 fully saturated rings. The van der Waals surface area contributed by atoms with Crippen LogP contribution in [0.2, 0.25) is 0 Å². The van der Waals surface area contributed by atoms with Crippen molar-refractivity contribution in [1.29, 1.82) is 0 Å². The molecular weight excluding hydrogens is 250 g/mol. The first-order chi connectivity index (χ1) is 8.70. The number of hydrogen-bond acceptors (Lipinski definition) is 6. The molecule has 1 N–H and O–H groups in total. The van der Waals surface area contributed by atoms with Gasteiger partial charge in [0.05, 0.1) is 12.3 Å². The van der Waals surface area contributed by atoms with E-state index in [1.54, 1.807) is 4.68 Å². The normalized spacial score (nSPS) is 15.6. The van der Waals surface area contributed by atoms with Crippen LogP contribution in [0.5, 0.6) is 0 Å². The van der Waals surface area contributed by atoms with E-state index in [2.05, 4.69) is 34.4 Å². The highest BCUT2D eigenvalue weighted by Gasteiger charge is 2.32. The summed E-state index contributed by atoms with van der Waals surface area (Å²) in [6.07, 6.45) is 2.27. The van der Waals surface area contributed by atoms with Crippen LogP contribution in [0, 0.1) is 0 Å². The van der Waals surface area contributed by atoms with E-state index in [0.29, 0.717) is 17.5 Å². The summed E-state index contributed by atoms with van der Waals surface area (Å²) in [6, 6.07) is 0. The predicted molar refractivity (Wildman–Crippen MR) is 66.8 cm³/mol. The number of aliphatic hydroxyl groups excluding tert-OH is 1. The van der Waals surface area contributed by atoms with Crippen LogP contribution >= 0.6 is 11.3 Å². The summed E-state index contributed by atoms with van der Waals surface area (Å²) in [4.78, 5) is 0. The highest BCUT2D eigenvalue weighted by atomic mass is 32.1. The van der Waals surface area contributed by atoms with E-state index in [-0.39, 0.29) is 6.61 Å². The molecule has 0 atom stereocenters. The zero-order valence-corrected chi connectivity index (χ0v) is 11.2. The Kier molecular flexibility index (Phi) is 2.87. The van der Waals surface area contributed by atoms with Gasteiger partial charge in [0.1, 0.15) is 10.7 Å². The lowest BCUT2D eigenvalue weighted by Gasteiger charge is -2.01. The lowest BCUT2D eigenvalue weighted by molar-refractivity contribution is 0.275. The lowest BCUT2D eigenvalue weighted by Crippen LogP contribution is -2.02. The molecule has 0 radical (unpaired) electrons. The van der Waals surface area contributed by atoms with Crippen molar-refractivity contribution in [2.45, 2.75) is 45.1 Å². The van der Waals surface area contributed by atoms with Gasteiger partial charge in [-0.05, 0) is 12.8 Å². The van der Waals surface area contributed by atoms with Crippen LogP contribution in [0.15, 0.2) is 0 Å². The van der Waals surface area contributed by atoms with Crippen LogP contribution in [0.25, 0.3) is 5.13 Å². The summed E-state index contributed by atoms with van der Waals surface area (Å²) >= 11 is 1.53. The van der Waals surface area contributed by atoms with Gasteiger partial charge in [-0.2, -0.15) is 4.68 Å². The Morgan fingerprint density at radius 3 is 2.67 bits per heavy atom. The lowest BCUT2D eigenvalue weighted by atomic mass is 10.2. The van der Waals surface area contributed by atoms with E-state index >= 15 is 0 Å². The van der Waals surface area contributed by atoms with Crippen LogP contribution in [0.1, 0.15) is 54.9 Å². The molecule has 2 heterocycles. The molecule has 96 valence electrons. The summed E-state index contributed by atoms with van der Waals surface area (Å²) in [5, 5.41) is 27.5. The molecular formula is C11H15N5OS. The Bertz CT molecular complexity index is 558. The summed E-state index contributed by atoms with van der Waals surface area (Å²) in [6.45, 7) is 4.11. The number of rotatable bonds is 4. The minimum absolute atomic E-state index is 0.0678. The highest BCUT2D eigenvalue weighted by Crippen LogP contribution is 2.42. The van der Waals surface area contributed by atoms with Crippen LogP contribution in [-0.2, 0) is 6.61 Å². The van der Waals surface area contributed by atoms with Gasteiger partial charge in [-0.15, -0.1) is 15.3 Å². The molecule has 6 nitrogen and oxygen atoms in total. The number of nitrogens with zero attached hydrogens (tertiary/aromatic N) is 5. The van der Waals surface area contributed by atoms with E-state index in [1.165, 1.54) is 11.3 Å². The number of aliphatic hydroxyl groups is 1. The first-order valence-electron chi connectivity index (χ1n) is 6.09. The summed E-state index contributed by atoms with van der Waals surface area (Å²) in [7, 11) is 0. The SMILES string of the molecule is CC(C)c1nnc(-n2nnc(CO)c2C2CC2)s1. The third-order valence-corrected chi connectivity index (χ3v) is 4.20. The number of aromatic nitrogens is 5. The van der Waals surface area contributed by atoms with E-state index in [9.17, 15) is 5.11 Å². The van der Waals surface area contributed by atoms with Crippen LogP contribution in [0.4, 0.5) is 0 Å². The van der Waals surface area contributed by atoms with Gasteiger partial charge < -0.3 is 5.11 Å². The molecule has 0 bridgehead atoms. The maximum absolute atomic E-state index is 9.30. The van der Waals surface area contributed by atoms with Crippen LogP contribution in [0.3, 0.4) is 0 Å². The van der Waals surface area contributed by atoms with E-state index in [0.717, 1.165) is 28.7 Å². The van der Waals surface area contributed by atoms with Crippen molar-refractivity contribution in [2.75, 3.05) is 0 Å². The first kappa shape index (κ1) is 11.7. The molecule has 0 amide bonds. The number of hydrogen-bond donors (Lipinski definition) is 1. The Morgan fingerprint density at radius 1 is 1.33 bits per heavy atom. The molecule has 1 aliphatic rings. The topological polar surface area (TPSA) is 76.7 Å². The summed E-state index contributed by atoms with van der Waals surface area (Å²) in [5.41, 5.74) is 1.67. The summed E-state index contributed by atoms with van der Waals surface area (Å²) in [5.74, 6) is 0.829. The zero-order valence-electron chi connectivity index (χ0n) is 10.4. The monoisotopic (exact) mass is 265 g/mol. The van der Waals surface area contributed by atoms with E-state index in [4.69, 9.17) is 0 Å². The Balaban J connectivity index is 2.02. The fourth-order valence-corrected chi connectivity index (χ4v) is 2.69. The van der Waals surface area contributed by atoms with Gasteiger partial charge in [0, 0.05) is 11.8 Å². The molecule has 1 aliphatic carbocycles. The highest BCUT2D eigenvalue weighted by molar-refractivity contribution is 7.13. The average Bonchev–Trinajstić information content (AvgIpc) is 2.93. The van der Waals surface area contributed by atoms with Crippen molar-refractivity contribution in [3.63, 3.8) is 0 Å². The Hall–Kier alpha value is -1.34. The second-order valence-corrected chi connectivity index (χ2v) is 5.83. The second kappa shape index (κ2) is 4.40. The Labute approximate surface area is 109 Å². The standard InChI is InChI=1S/C11H15N5OS/c1-6(2)10-13-14-11(18-10)16-9(7-3-4-7)8(5-17)12-15-16/h6-7,17H,3-5H2,1-2H3. The van der Waals surface area contributed by atoms with Gasteiger partial charge in [-0.25, -0.2) is 0 Å². The van der Waals surface area contributed by atoms with Crippen molar-refractivity contribution >= 4 is 11.3 Å². The minimum atomic E-state index is -0.0678. The van der Waals surface area contributed by atoms with Gasteiger partial charge in [-0.3, -0.25) is 0 Å². The predicted octanol–water partition coefficient (Wildman–Crippen LogP) is 1.61. The molecule has 7 heteroatoms. The maximum atomic E-state index is 9.30. The largest absolute Gasteiger partial charge is 0.390 e. The first-order valence-corrected chi connectivity index (χ1v) is 6.91. The van der Waals surface area contributed by atoms with Crippen molar-refractivity contribution in [3.8, 4) is 5.13 Å². The molecule has 0 unspecified atom stereocenters. The van der Waals surface area contributed by atoms with Gasteiger partial charge in [0.2, 0.25) is 5.13 Å². The molecule has 3 rings (SSSR count). The van der Waals surface area contributed by atoms with Crippen molar-refractivity contribution in [1.82, 2.24) is 25.2 Å². The molecule has 0 aliphatic heterocycles. The summed E-state index contributed by atoms with van der Waals surface area (Å²) < 4.78 is 1.74. The van der Waals surface area contributed by atoms with Gasteiger partial charge in [-0.1, -0.05) is 30.4 Å². The van der Waals surface area contributed by atoms with E-state index < -0.39 is 0 Å². The minimum Gasteiger partial charge on any atom is -0.390 e. The van der Waals surface area contributed by atoms with Crippen molar-refractivity contribution in [3.05, 3.63) is 16.4 Å². The quantitative estimate of drug-likeness (QED) is 0.908. The van der Waals surface area contributed by atoms with Gasteiger partial charge in [0.15, 0.2) is 0 Å². The third-order valence-electron chi connectivity index (χ3n) is 3.00. The molecule has 18 heavy (non-hydrogen) atoms. The molecule has 0 spiro atoms.